The minimum Gasteiger partial charge on any atom is -0.325 e. The van der Waals surface area contributed by atoms with Gasteiger partial charge in [0.15, 0.2) is 0 Å². The maximum atomic E-state index is 13.1. The number of benzene rings is 1. The summed E-state index contributed by atoms with van der Waals surface area (Å²) in [5.74, 6) is -0.302. The molecule has 0 atom stereocenters. The van der Waals surface area contributed by atoms with Gasteiger partial charge in [0.25, 0.3) is 0 Å². The van der Waals surface area contributed by atoms with Crippen LogP contribution in [-0.4, -0.2) is 10.9 Å². The van der Waals surface area contributed by atoms with E-state index in [0.717, 1.165) is 36.2 Å². The van der Waals surface area contributed by atoms with E-state index >= 15 is 0 Å². The fourth-order valence-electron chi connectivity index (χ4n) is 2.82. The molecule has 0 aliphatic heterocycles. The fourth-order valence-corrected chi connectivity index (χ4v) is 2.82. The highest BCUT2D eigenvalue weighted by atomic mass is 19.1. The summed E-state index contributed by atoms with van der Waals surface area (Å²) in [7, 11) is 0. The summed E-state index contributed by atoms with van der Waals surface area (Å²) in [5.41, 5.74) is 1.97. The zero-order valence-electron chi connectivity index (χ0n) is 11.9. The Morgan fingerprint density at radius 3 is 2.52 bits per heavy atom. The number of carbonyl (C=O) groups is 1. The molecular weight excluding hydrogens is 267 g/mol. The van der Waals surface area contributed by atoms with E-state index in [4.69, 9.17) is 0 Å². The van der Waals surface area contributed by atoms with E-state index in [9.17, 15) is 9.18 Å². The van der Waals surface area contributed by atoms with Gasteiger partial charge in [-0.3, -0.25) is 9.78 Å². The molecule has 0 saturated heterocycles. The minimum absolute atomic E-state index is 0.0223. The van der Waals surface area contributed by atoms with Crippen molar-refractivity contribution in [2.24, 2.45) is 0 Å². The second kappa shape index (κ2) is 5.28. The summed E-state index contributed by atoms with van der Waals surface area (Å²) in [5, 5.41) is 2.97. The smallest absolute Gasteiger partial charge is 0.235 e. The van der Waals surface area contributed by atoms with Crippen LogP contribution in [0.3, 0.4) is 0 Å². The largest absolute Gasteiger partial charge is 0.325 e. The zero-order valence-corrected chi connectivity index (χ0v) is 11.9. The molecule has 108 valence electrons. The molecule has 1 aromatic carbocycles. The number of nitrogens with one attached hydrogen (secondary N) is 1. The van der Waals surface area contributed by atoms with Crippen molar-refractivity contribution >= 4 is 11.6 Å². The molecule has 1 aliphatic rings. The molecule has 1 heterocycles. The van der Waals surface area contributed by atoms with Gasteiger partial charge in [-0.15, -0.1) is 0 Å². The maximum Gasteiger partial charge on any atom is 0.235 e. The summed E-state index contributed by atoms with van der Waals surface area (Å²) >= 11 is 0. The van der Waals surface area contributed by atoms with Gasteiger partial charge in [0.1, 0.15) is 5.82 Å². The van der Waals surface area contributed by atoms with Crippen molar-refractivity contribution in [1.82, 2.24) is 4.98 Å². The van der Waals surface area contributed by atoms with Gasteiger partial charge in [0.2, 0.25) is 5.91 Å². The number of hydrogen-bond acceptors (Lipinski definition) is 2. The van der Waals surface area contributed by atoms with Crippen molar-refractivity contribution in [1.29, 1.82) is 0 Å². The number of amides is 1. The summed E-state index contributed by atoms with van der Waals surface area (Å²) in [6.07, 6.45) is 4.29. The van der Waals surface area contributed by atoms with Gasteiger partial charge in [-0.1, -0.05) is 18.6 Å². The number of nitrogens with zero attached hydrogens (tertiary/aromatic N) is 1. The Labute approximate surface area is 123 Å². The van der Waals surface area contributed by atoms with Gasteiger partial charge < -0.3 is 5.32 Å². The van der Waals surface area contributed by atoms with Crippen molar-refractivity contribution in [2.45, 2.75) is 31.6 Å². The number of rotatable bonds is 3. The Hall–Kier alpha value is -2.23. The first kappa shape index (κ1) is 13.7. The van der Waals surface area contributed by atoms with Crippen LogP contribution in [0.2, 0.25) is 0 Å². The van der Waals surface area contributed by atoms with Crippen LogP contribution in [0.1, 0.15) is 30.5 Å². The lowest BCUT2D eigenvalue weighted by Crippen LogP contribution is -2.46. The Balaban J connectivity index is 1.85. The molecular formula is C17H17FN2O. The molecule has 1 amide bonds. The molecule has 21 heavy (non-hydrogen) atoms. The third kappa shape index (κ3) is 2.53. The zero-order chi connectivity index (χ0) is 14.9. The number of hydrogen-bond donors (Lipinski definition) is 1. The summed E-state index contributed by atoms with van der Waals surface area (Å²) in [4.78, 5) is 16.8. The molecule has 0 unspecified atom stereocenters. The normalized spacial score (nSPS) is 16.1. The second-order valence-electron chi connectivity index (χ2n) is 5.58. The average Bonchev–Trinajstić information content (AvgIpc) is 2.39. The van der Waals surface area contributed by atoms with Crippen LogP contribution in [-0.2, 0) is 10.2 Å². The van der Waals surface area contributed by atoms with Crippen molar-refractivity contribution in [3.8, 4) is 0 Å². The number of halogens is 1. The molecule has 3 rings (SSSR count). The van der Waals surface area contributed by atoms with E-state index in [1.54, 1.807) is 24.4 Å². The topological polar surface area (TPSA) is 42.0 Å². The molecule has 3 nitrogen and oxygen atoms in total. The number of carbonyl (C=O) groups excluding carboxylic acids is 1. The Morgan fingerprint density at radius 2 is 1.95 bits per heavy atom. The number of aryl methyl sites for hydroxylation is 1. The van der Waals surface area contributed by atoms with Crippen LogP contribution in [0.5, 0.6) is 0 Å². The van der Waals surface area contributed by atoms with E-state index in [-0.39, 0.29) is 11.7 Å². The van der Waals surface area contributed by atoms with Crippen molar-refractivity contribution in [3.63, 3.8) is 0 Å². The first-order chi connectivity index (χ1) is 10.1. The third-order valence-electron chi connectivity index (χ3n) is 4.19. The predicted molar refractivity (Wildman–Crippen MR) is 79.5 cm³/mol. The van der Waals surface area contributed by atoms with E-state index in [2.05, 4.69) is 10.3 Å². The van der Waals surface area contributed by atoms with Crippen LogP contribution in [0.4, 0.5) is 10.1 Å². The molecule has 1 saturated carbocycles. The highest BCUT2D eigenvalue weighted by Crippen LogP contribution is 2.44. The van der Waals surface area contributed by atoms with E-state index < -0.39 is 5.41 Å². The van der Waals surface area contributed by atoms with Gasteiger partial charge in [-0.05, 0) is 49.6 Å². The standard InChI is InChI=1S/C17H17FN2O/c1-12-11-15(7-10-19-12)20-16(21)17(8-2-9-17)13-3-5-14(18)6-4-13/h3-7,10-11H,2,8-9H2,1H3,(H,19,20,21). The molecule has 1 N–H and O–H groups in total. The van der Waals surface area contributed by atoms with Crippen LogP contribution in [0.25, 0.3) is 0 Å². The maximum absolute atomic E-state index is 13.1. The highest BCUT2D eigenvalue weighted by molar-refractivity contribution is 5.99. The lowest BCUT2D eigenvalue weighted by Gasteiger charge is -2.40. The van der Waals surface area contributed by atoms with E-state index in [1.165, 1.54) is 12.1 Å². The van der Waals surface area contributed by atoms with Gasteiger partial charge >= 0.3 is 0 Å². The molecule has 2 aromatic rings. The molecule has 1 aliphatic carbocycles. The molecule has 4 heteroatoms. The molecule has 0 bridgehead atoms. The van der Waals surface area contributed by atoms with Gasteiger partial charge in [0.05, 0.1) is 5.41 Å². The van der Waals surface area contributed by atoms with Gasteiger partial charge in [0, 0.05) is 17.6 Å². The van der Waals surface area contributed by atoms with E-state index in [1.807, 2.05) is 13.0 Å². The van der Waals surface area contributed by atoms with E-state index in [0.29, 0.717) is 0 Å². The number of aromatic nitrogens is 1. The summed E-state index contributed by atoms with van der Waals surface area (Å²) in [6, 6.07) is 9.88. The Bertz CT molecular complexity index is 663. The molecule has 1 aromatic heterocycles. The van der Waals surface area contributed by atoms with Crippen LogP contribution in [0.15, 0.2) is 42.6 Å². The van der Waals surface area contributed by atoms with Gasteiger partial charge in [-0.2, -0.15) is 0 Å². The Kier molecular flexibility index (Phi) is 3.45. The minimum atomic E-state index is -0.523. The summed E-state index contributed by atoms with van der Waals surface area (Å²) < 4.78 is 13.1. The Morgan fingerprint density at radius 1 is 1.24 bits per heavy atom. The predicted octanol–water partition coefficient (Wildman–Crippen LogP) is 3.59. The van der Waals surface area contributed by atoms with Crippen molar-refractivity contribution in [2.75, 3.05) is 5.32 Å². The highest BCUT2D eigenvalue weighted by Gasteiger charge is 2.45. The SMILES string of the molecule is Cc1cc(NC(=O)C2(c3ccc(F)cc3)CCC2)ccn1. The first-order valence-electron chi connectivity index (χ1n) is 7.10. The molecule has 1 fully saturated rings. The van der Waals surface area contributed by atoms with Crippen molar-refractivity contribution in [3.05, 3.63) is 59.7 Å². The summed E-state index contributed by atoms with van der Waals surface area (Å²) in [6.45, 7) is 1.88. The second-order valence-corrected chi connectivity index (χ2v) is 5.58. The van der Waals surface area contributed by atoms with Crippen LogP contribution in [0, 0.1) is 12.7 Å². The molecule has 0 radical (unpaired) electrons. The third-order valence-corrected chi connectivity index (χ3v) is 4.19. The van der Waals surface area contributed by atoms with Crippen molar-refractivity contribution < 1.29 is 9.18 Å². The fraction of sp³-hybridized carbons (Fsp3) is 0.294. The average molecular weight is 284 g/mol. The lowest BCUT2D eigenvalue weighted by molar-refractivity contribution is -0.124. The lowest BCUT2D eigenvalue weighted by atomic mass is 9.64. The van der Waals surface area contributed by atoms with Gasteiger partial charge in [-0.25, -0.2) is 4.39 Å². The number of anilines is 1. The molecule has 0 spiro atoms. The first-order valence-corrected chi connectivity index (χ1v) is 7.10. The number of pyridine rings is 1. The quantitative estimate of drug-likeness (QED) is 0.936. The van der Waals surface area contributed by atoms with Crippen LogP contribution < -0.4 is 5.32 Å². The monoisotopic (exact) mass is 284 g/mol. The van der Waals surface area contributed by atoms with Crippen LogP contribution >= 0.6 is 0 Å².